The summed E-state index contributed by atoms with van der Waals surface area (Å²) < 4.78 is 10.4. The Hall–Kier alpha value is -2.50. The number of aryl methyl sites for hydroxylation is 1. The molecule has 0 atom stereocenters. The molecular formula is C15H19N3O3. The van der Waals surface area contributed by atoms with Crippen LogP contribution in [0.3, 0.4) is 0 Å². The minimum atomic E-state index is -0.146. The number of methoxy groups -OCH3 is 2. The predicted molar refractivity (Wildman–Crippen MR) is 79.8 cm³/mol. The predicted octanol–water partition coefficient (Wildman–Crippen LogP) is 2.17. The zero-order chi connectivity index (χ0) is 15.2. The molecule has 6 nitrogen and oxygen atoms in total. The Morgan fingerprint density at radius 3 is 2.71 bits per heavy atom. The number of H-pyrrole nitrogens is 1. The Labute approximate surface area is 123 Å². The number of aromatic amines is 1. The lowest BCUT2D eigenvalue weighted by atomic mass is 10.1. The second-order valence-electron chi connectivity index (χ2n) is 4.53. The van der Waals surface area contributed by atoms with E-state index in [1.54, 1.807) is 26.4 Å². The smallest absolute Gasteiger partial charge is 0.230 e. The van der Waals surface area contributed by atoms with Crippen LogP contribution in [-0.2, 0) is 17.6 Å². The lowest BCUT2D eigenvalue weighted by molar-refractivity contribution is -0.115. The molecular weight excluding hydrogens is 270 g/mol. The molecule has 0 fully saturated rings. The van der Waals surface area contributed by atoms with Gasteiger partial charge in [-0.2, -0.15) is 5.10 Å². The monoisotopic (exact) mass is 289 g/mol. The third-order valence-corrected chi connectivity index (χ3v) is 3.12. The van der Waals surface area contributed by atoms with Crippen LogP contribution in [-0.4, -0.2) is 30.3 Å². The molecule has 2 aromatic rings. The molecule has 0 aliphatic heterocycles. The molecule has 1 heterocycles. The molecule has 6 heteroatoms. The highest BCUT2D eigenvalue weighted by Gasteiger charge is 2.11. The highest BCUT2D eigenvalue weighted by Crippen LogP contribution is 2.25. The van der Waals surface area contributed by atoms with Gasteiger partial charge in [0.15, 0.2) is 5.82 Å². The van der Waals surface area contributed by atoms with Gasteiger partial charge in [-0.05, 0) is 12.5 Å². The van der Waals surface area contributed by atoms with Crippen LogP contribution >= 0.6 is 0 Å². The lowest BCUT2D eigenvalue weighted by Gasteiger charge is -2.10. The molecule has 1 aromatic heterocycles. The van der Waals surface area contributed by atoms with Gasteiger partial charge in [0.05, 0.1) is 20.6 Å². The highest BCUT2D eigenvalue weighted by atomic mass is 16.5. The number of benzene rings is 1. The van der Waals surface area contributed by atoms with E-state index in [0.29, 0.717) is 17.3 Å². The first-order valence-electron chi connectivity index (χ1n) is 6.71. The maximum Gasteiger partial charge on any atom is 0.230 e. The van der Waals surface area contributed by atoms with Gasteiger partial charge in [-0.1, -0.05) is 13.0 Å². The summed E-state index contributed by atoms with van der Waals surface area (Å²) in [4.78, 5) is 12.1. The third-order valence-electron chi connectivity index (χ3n) is 3.12. The number of hydrogen-bond acceptors (Lipinski definition) is 4. The number of ether oxygens (including phenoxy) is 2. The molecule has 2 N–H and O–H groups in total. The van der Waals surface area contributed by atoms with Crippen molar-refractivity contribution in [1.29, 1.82) is 0 Å². The Kier molecular flexibility index (Phi) is 4.81. The summed E-state index contributed by atoms with van der Waals surface area (Å²) >= 11 is 0. The second kappa shape index (κ2) is 6.78. The van der Waals surface area contributed by atoms with Crippen molar-refractivity contribution >= 4 is 11.7 Å². The van der Waals surface area contributed by atoms with Gasteiger partial charge in [-0.3, -0.25) is 9.89 Å². The van der Waals surface area contributed by atoms with E-state index in [1.807, 2.05) is 19.1 Å². The minimum Gasteiger partial charge on any atom is -0.497 e. The molecule has 0 aliphatic carbocycles. The molecule has 2 rings (SSSR count). The van der Waals surface area contributed by atoms with Gasteiger partial charge in [-0.15, -0.1) is 0 Å². The molecule has 0 bridgehead atoms. The van der Waals surface area contributed by atoms with E-state index in [1.165, 1.54) is 0 Å². The highest BCUT2D eigenvalue weighted by molar-refractivity contribution is 5.91. The zero-order valence-electron chi connectivity index (χ0n) is 12.4. The SMILES string of the molecule is CCc1cc(NC(=O)Cc2ccc(OC)cc2OC)n[nH]1. The van der Waals surface area contributed by atoms with Crippen molar-refractivity contribution in [2.75, 3.05) is 19.5 Å². The number of carbonyl (C=O) groups excluding carboxylic acids is 1. The summed E-state index contributed by atoms with van der Waals surface area (Å²) in [5.41, 5.74) is 1.77. The largest absolute Gasteiger partial charge is 0.497 e. The number of nitrogens with zero attached hydrogens (tertiary/aromatic N) is 1. The average Bonchev–Trinajstić information content (AvgIpc) is 2.95. The first kappa shape index (κ1) is 14.9. The van der Waals surface area contributed by atoms with Crippen LogP contribution < -0.4 is 14.8 Å². The molecule has 0 aliphatic rings. The van der Waals surface area contributed by atoms with Crippen LogP contribution in [0.1, 0.15) is 18.2 Å². The Morgan fingerprint density at radius 2 is 2.10 bits per heavy atom. The number of rotatable bonds is 6. The number of aromatic nitrogens is 2. The van der Waals surface area contributed by atoms with E-state index < -0.39 is 0 Å². The van der Waals surface area contributed by atoms with E-state index in [4.69, 9.17) is 9.47 Å². The number of anilines is 1. The molecule has 0 spiro atoms. The number of nitrogens with one attached hydrogen (secondary N) is 2. The van der Waals surface area contributed by atoms with Gasteiger partial charge in [-0.25, -0.2) is 0 Å². The fourth-order valence-electron chi connectivity index (χ4n) is 1.96. The van der Waals surface area contributed by atoms with Crippen molar-refractivity contribution in [3.8, 4) is 11.5 Å². The molecule has 1 amide bonds. The standard InChI is InChI=1S/C15H19N3O3/c1-4-11-8-14(18-17-11)16-15(19)7-10-5-6-12(20-2)9-13(10)21-3/h5-6,8-9H,4,7H2,1-3H3,(H2,16,17,18,19). The van der Waals surface area contributed by atoms with Crippen LogP contribution in [0.4, 0.5) is 5.82 Å². The first-order valence-corrected chi connectivity index (χ1v) is 6.71. The van der Waals surface area contributed by atoms with Gasteiger partial charge < -0.3 is 14.8 Å². The molecule has 0 saturated carbocycles. The average molecular weight is 289 g/mol. The molecule has 21 heavy (non-hydrogen) atoms. The topological polar surface area (TPSA) is 76.2 Å². The van der Waals surface area contributed by atoms with Crippen LogP contribution in [0.2, 0.25) is 0 Å². The van der Waals surface area contributed by atoms with Crippen molar-refractivity contribution in [2.45, 2.75) is 19.8 Å². The van der Waals surface area contributed by atoms with Gasteiger partial charge in [0.2, 0.25) is 5.91 Å². The van der Waals surface area contributed by atoms with Crippen molar-refractivity contribution in [3.63, 3.8) is 0 Å². The van der Waals surface area contributed by atoms with Crippen molar-refractivity contribution in [1.82, 2.24) is 10.2 Å². The second-order valence-corrected chi connectivity index (χ2v) is 4.53. The maximum atomic E-state index is 12.1. The minimum absolute atomic E-state index is 0.146. The molecule has 1 aromatic carbocycles. The number of amides is 1. The molecule has 0 saturated heterocycles. The number of carbonyl (C=O) groups is 1. The zero-order valence-corrected chi connectivity index (χ0v) is 12.4. The van der Waals surface area contributed by atoms with E-state index in [9.17, 15) is 4.79 Å². The molecule has 0 radical (unpaired) electrons. The molecule has 0 unspecified atom stereocenters. The van der Waals surface area contributed by atoms with Crippen LogP contribution in [0.15, 0.2) is 24.3 Å². The van der Waals surface area contributed by atoms with E-state index in [-0.39, 0.29) is 12.3 Å². The summed E-state index contributed by atoms with van der Waals surface area (Å²) in [5, 5.41) is 9.64. The first-order chi connectivity index (χ1) is 10.2. The van der Waals surface area contributed by atoms with E-state index >= 15 is 0 Å². The van der Waals surface area contributed by atoms with Gasteiger partial charge >= 0.3 is 0 Å². The van der Waals surface area contributed by atoms with Crippen LogP contribution in [0, 0.1) is 0 Å². The number of hydrogen-bond donors (Lipinski definition) is 2. The van der Waals surface area contributed by atoms with Gasteiger partial charge in [0, 0.05) is 23.4 Å². The quantitative estimate of drug-likeness (QED) is 0.854. The Morgan fingerprint density at radius 1 is 1.29 bits per heavy atom. The summed E-state index contributed by atoms with van der Waals surface area (Å²) in [6.45, 7) is 2.02. The molecule has 112 valence electrons. The fraction of sp³-hybridized carbons (Fsp3) is 0.333. The Balaban J connectivity index is 2.05. The summed E-state index contributed by atoms with van der Waals surface area (Å²) in [7, 11) is 3.15. The van der Waals surface area contributed by atoms with Crippen molar-refractivity contribution in [2.24, 2.45) is 0 Å². The van der Waals surface area contributed by atoms with E-state index in [2.05, 4.69) is 15.5 Å². The van der Waals surface area contributed by atoms with Crippen molar-refractivity contribution < 1.29 is 14.3 Å². The summed E-state index contributed by atoms with van der Waals surface area (Å²) in [6, 6.07) is 7.20. The maximum absolute atomic E-state index is 12.1. The van der Waals surface area contributed by atoms with Crippen LogP contribution in [0.5, 0.6) is 11.5 Å². The normalized spacial score (nSPS) is 10.2. The van der Waals surface area contributed by atoms with Crippen molar-refractivity contribution in [3.05, 3.63) is 35.5 Å². The third kappa shape index (κ3) is 3.75. The Bertz CT molecular complexity index is 622. The van der Waals surface area contributed by atoms with Gasteiger partial charge in [0.1, 0.15) is 11.5 Å². The van der Waals surface area contributed by atoms with E-state index in [0.717, 1.165) is 17.7 Å². The summed E-state index contributed by atoms with van der Waals surface area (Å²) in [5.74, 6) is 1.70. The summed E-state index contributed by atoms with van der Waals surface area (Å²) in [6.07, 6.45) is 1.05. The lowest BCUT2D eigenvalue weighted by Crippen LogP contribution is -2.15. The van der Waals surface area contributed by atoms with Gasteiger partial charge in [0.25, 0.3) is 0 Å². The van der Waals surface area contributed by atoms with Crippen LogP contribution in [0.25, 0.3) is 0 Å². The fourth-order valence-corrected chi connectivity index (χ4v) is 1.96.